The Morgan fingerprint density at radius 3 is 1.11 bits per heavy atom. The van der Waals surface area contributed by atoms with Gasteiger partial charge in [0.2, 0.25) is 11.8 Å². The second kappa shape index (κ2) is 39.9. The Morgan fingerprint density at radius 1 is 0.368 bits per heavy atom. The van der Waals surface area contributed by atoms with E-state index in [2.05, 4.69) is 111 Å². The Hall–Kier alpha value is -12.2. The van der Waals surface area contributed by atoms with E-state index in [-0.39, 0.29) is 55.0 Å². The Bertz CT molecular complexity index is 5660. The lowest BCUT2D eigenvalue weighted by Gasteiger charge is -2.34. The molecule has 0 unspecified atom stereocenters. The fourth-order valence-corrected chi connectivity index (χ4v) is 18.5. The summed E-state index contributed by atoms with van der Waals surface area (Å²) in [6, 6.07) is 23.5. The number of aliphatic hydroxyl groups is 4. The van der Waals surface area contributed by atoms with E-state index in [1.165, 1.54) is 11.6 Å². The van der Waals surface area contributed by atoms with E-state index in [9.17, 15) is 33.6 Å². The summed E-state index contributed by atoms with van der Waals surface area (Å²) in [4.78, 5) is 84.9. The van der Waals surface area contributed by atoms with Crippen molar-refractivity contribution in [2.45, 2.75) is 156 Å². The summed E-state index contributed by atoms with van der Waals surface area (Å²) < 4.78 is 82.0. The number of fused-ring (bicyclic) bond motifs is 4. The van der Waals surface area contributed by atoms with Gasteiger partial charge in [0.15, 0.2) is 46.0 Å². The first-order chi connectivity index (χ1) is 64.5. The molecular weight excluding hydrogens is 1700 g/mol. The van der Waals surface area contributed by atoms with Crippen LogP contribution in [0.25, 0.3) is 43.6 Å². The van der Waals surface area contributed by atoms with Crippen LogP contribution in [0.3, 0.4) is 0 Å². The molecule has 4 aliphatic carbocycles. The number of methoxy groups -OCH3 is 4. The van der Waals surface area contributed by atoms with Crippen LogP contribution in [0.1, 0.15) is 179 Å². The zero-order valence-electron chi connectivity index (χ0n) is 77.2. The van der Waals surface area contributed by atoms with Gasteiger partial charge in [0, 0.05) is 211 Å². The molecule has 133 heavy (non-hydrogen) atoms. The number of alkyl halides is 3. The lowest BCUT2D eigenvalue weighted by Crippen LogP contribution is -2.34. The SMILES string of the molecule is COc1cnccc1C1CCN(c2nc(C3(F)CC3)nc3ccc(N(C)CCO)cc23)CC1.COc1cncnc1C1CCN(c2nc(C3(F)CC3)nc3ccc(N(C)CCO)cc23)CC1.COc1nccnc1C1CCN(c2nc(C3(C)CC3)nc3ccc(N(C)CCO)cc23)CC1.COc1nccnc1C1CCN(c2nc(C3(F)CC3)nc3c(F)cc(N(C)CCO)cc23)CC1. The summed E-state index contributed by atoms with van der Waals surface area (Å²) in [5.74, 6) is 8.10. The van der Waals surface area contributed by atoms with Crippen LogP contribution in [0.15, 0.2) is 123 Å². The number of aromatic nitrogens is 15. The summed E-state index contributed by atoms with van der Waals surface area (Å²) in [6.45, 7) is 10.7. The van der Waals surface area contributed by atoms with Crippen LogP contribution in [0.5, 0.6) is 23.3 Å². The van der Waals surface area contributed by atoms with E-state index in [0.29, 0.717) is 130 Å². The van der Waals surface area contributed by atoms with E-state index in [1.54, 1.807) is 83.9 Å². The molecule has 12 heterocycles. The third-order valence-electron chi connectivity index (χ3n) is 27.5. The van der Waals surface area contributed by atoms with Crippen LogP contribution in [0, 0.1) is 5.82 Å². The van der Waals surface area contributed by atoms with Crippen LogP contribution < -0.4 is 58.1 Å². The molecule has 0 bridgehead atoms. The number of benzene rings is 4. The number of ether oxygens (including phenoxy) is 4. The van der Waals surface area contributed by atoms with Crippen molar-refractivity contribution < 1.29 is 56.9 Å². The summed E-state index contributed by atoms with van der Waals surface area (Å²) in [7, 11) is 14.2. The van der Waals surface area contributed by atoms with Gasteiger partial charge in [-0.15, -0.1) is 0 Å². The lowest BCUT2D eigenvalue weighted by molar-refractivity contribution is 0.300. The molecule has 31 nitrogen and oxygen atoms in total. The Morgan fingerprint density at radius 2 is 0.722 bits per heavy atom. The van der Waals surface area contributed by atoms with Gasteiger partial charge in [0.25, 0.3) is 0 Å². The van der Waals surface area contributed by atoms with E-state index in [1.807, 2.05) is 79.6 Å². The third kappa shape index (κ3) is 20.2. The van der Waals surface area contributed by atoms with Crippen LogP contribution in [0.2, 0.25) is 0 Å². The first-order valence-corrected chi connectivity index (χ1v) is 46.3. The largest absolute Gasteiger partial charge is 0.495 e. The molecule has 0 amide bonds. The highest BCUT2D eigenvalue weighted by Crippen LogP contribution is 2.54. The van der Waals surface area contributed by atoms with Crippen molar-refractivity contribution in [3.8, 4) is 23.3 Å². The van der Waals surface area contributed by atoms with Crippen molar-refractivity contribution in [3.05, 3.63) is 174 Å². The van der Waals surface area contributed by atoms with Gasteiger partial charge in [-0.2, -0.15) is 0 Å². The van der Waals surface area contributed by atoms with E-state index in [4.69, 9.17) is 38.9 Å². The van der Waals surface area contributed by atoms with Gasteiger partial charge < -0.3 is 78.6 Å². The number of aliphatic hydroxyl groups excluding tert-OH is 4. The molecule has 4 aliphatic heterocycles. The molecule has 4 saturated carbocycles. The monoisotopic (exact) mass is 1820 g/mol. The summed E-state index contributed by atoms with van der Waals surface area (Å²) in [5, 5.41) is 40.8. The maximum atomic E-state index is 15.2. The predicted octanol–water partition coefficient (Wildman–Crippen LogP) is 13.6. The second-order valence-electron chi connectivity index (χ2n) is 36.5. The molecule has 8 aliphatic rings. The average molecular weight is 1820 g/mol. The maximum Gasteiger partial charge on any atom is 0.235 e. The number of rotatable bonds is 28. The molecule has 0 atom stereocenters. The maximum absolute atomic E-state index is 15.2. The van der Waals surface area contributed by atoms with E-state index < -0.39 is 22.8 Å². The van der Waals surface area contributed by atoms with Crippen molar-refractivity contribution in [1.29, 1.82) is 0 Å². The normalized spacial score (nSPS) is 17.8. The third-order valence-corrected chi connectivity index (χ3v) is 27.5. The number of piperidine rings is 4. The standard InChI is InChI=1S/C25H30FN5O2.C25H32N6O2.C24H28F2N6O2.C24H29FN6O2/c1-30(13-14-32)18-3-4-21-20(15-18)23(29-24(28-21)25(26)8-9-25)31-11-6-17(7-12-31)19-5-10-27-16-22(19)33-2;1-25(8-9-25)24-28-20-5-4-18(30(2)14-15-32)16-19(20)22(29-24)31-12-6-17(7-13-31)21-23(33-3)27-11-10-26-21;1-31(11-12-33)16-13-17-20(18(25)14-16)29-23(24(26)5-6-24)30-21(17)32-9-3-15(4-10-32)19-22(34-2)28-8-7-27-19;1-30(11-12-32)17-3-4-19-18(13-17)22(29-23(28-19)24(25)7-8-24)31-9-5-16(6-10-31)21-20(33-2)14-26-15-27-21/h3-5,10,15-17,32H,6-9,11-14H2,1-2H3;4-5,10-11,16-17,32H,6-9,12-15H2,1-3H3;7-8,13-15,33H,3-6,9-12H2,1-2H3;3-4,13-16,32H,5-12H2,1-2H3. The van der Waals surface area contributed by atoms with Gasteiger partial charge in [-0.1, -0.05) is 6.92 Å². The summed E-state index contributed by atoms with van der Waals surface area (Å²) in [5.41, 5.74) is 5.88. The first-order valence-electron chi connectivity index (χ1n) is 46.3. The minimum Gasteiger partial charge on any atom is -0.495 e. The van der Waals surface area contributed by atoms with Crippen molar-refractivity contribution in [1.82, 2.24) is 74.8 Å². The quantitative estimate of drug-likeness (QED) is 0.0331. The molecular formula is C98H119F4N23O8. The number of nitrogens with zero attached hydrogens (tertiary/aromatic N) is 23. The van der Waals surface area contributed by atoms with Gasteiger partial charge in [-0.3, -0.25) is 15.0 Å². The van der Waals surface area contributed by atoms with Crippen molar-refractivity contribution in [3.63, 3.8) is 0 Å². The highest BCUT2D eigenvalue weighted by atomic mass is 19.2. The Labute approximate surface area is 771 Å². The molecule has 702 valence electrons. The fourth-order valence-electron chi connectivity index (χ4n) is 18.5. The Kier molecular flexibility index (Phi) is 27.8. The molecule has 20 rings (SSSR count). The van der Waals surface area contributed by atoms with Crippen molar-refractivity contribution in [2.24, 2.45) is 0 Å². The molecule has 8 fully saturated rings. The number of pyridine rings is 1. The highest BCUT2D eigenvalue weighted by molar-refractivity contribution is 5.96. The van der Waals surface area contributed by atoms with Gasteiger partial charge in [-0.25, -0.2) is 77.4 Å². The predicted molar refractivity (Wildman–Crippen MR) is 505 cm³/mol. The van der Waals surface area contributed by atoms with Crippen LogP contribution in [-0.2, 0) is 22.4 Å². The number of anilines is 8. The lowest BCUT2D eigenvalue weighted by atomic mass is 9.89. The molecule has 4 N–H and O–H groups in total. The van der Waals surface area contributed by atoms with Gasteiger partial charge >= 0.3 is 0 Å². The number of hydrogen-bond donors (Lipinski definition) is 4. The van der Waals surface area contributed by atoms with Gasteiger partial charge in [-0.05, 0) is 181 Å². The van der Waals surface area contributed by atoms with Crippen molar-refractivity contribution in [2.75, 3.05) is 201 Å². The van der Waals surface area contributed by atoms with Gasteiger partial charge in [0.05, 0.1) is 89.5 Å². The summed E-state index contributed by atoms with van der Waals surface area (Å²) >= 11 is 0. The molecule has 4 saturated heterocycles. The minimum atomic E-state index is -1.58. The molecule has 0 radical (unpaired) electrons. The molecule has 4 aromatic carbocycles. The molecule has 0 spiro atoms. The highest BCUT2D eigenvalue weighted by Gasteiger charge is 2.51. The number of halogens is 4. The number of hydrogen-bond acceptors (Lipinski definition) is 31. The topological polar surface area (TPSA) is 337 Å². The average Bonchev–Trinajstić information content (AvgIpc) is 1.60. The molecule has 8 aromatic heterocycles. The van der Waals surface area contributed by atoms with Crippen LogP contribution >= 0.6 is 0 Å². The van der Waals surface area contributed by atoms with Crippen LogP contribution in [0.4, 0.5) is 63.6 Å². The van der Waals surface area contributed by atoms with E-state index >= 15 is 4.39 Å². The summed E-state index contributed by atoms with van der Waals surface area (Å²) in [6.07, 6.45) is 25.6. The first kappa shape index (κ1) is 92.6. The van der Waals surface area contributed by atoms with Gasteiger partial charge in [0.1, 0.15) is 58.1 Å². The van der Waals surface area contributed by atoms with Crippen molar-refractivity contribution >= 4 is 89.6 Å². The second-order valence-corrected chi connectivity index (χ2v) is 36.5. The fraction of sp³-hybridized carbons (Fsp3) is 0.500. The van der Waals surface area contributed by atoms with Crippen LogP contribution in [-0.4, -0.2) is 257 Å². The van der Waals surface area contributed by atoms with E-state index in [0.717, 1.165) is 205 Å². The zero-order chi connectivity index (χ0) is 92.9. The number of likely N-dealkylation sites (N-methyl/N-ethyl adjacent to an activating group) is 4. The Balaban J connectivity index is 0.000000124. The molecule has 12 aromatic rings. The smallest absolute Gasteiger partial charge is 0.235 e. The molecule has 35 heteroatoms. The zero-order valence-corrected chi connectivity index (χ0v) is 77.2. The minimum absolute atomic E-state index is 0.0534.